The van der Waals surface area contributed by atoms with Crippen molar-refractivity contribution < 1.29 is 18.7 Å². The molecule has 3 aromatic rings. The Kier molecular flexibility index (Phi) is 5.82. The van der Waals surface area contributed by atoms with Crippen molar-refractivity contribution in [3.8, 4) is 17.2 Å². The highest BCUT2D eigenvalue weighted by Crippen LogP contribution is 2.21. The Morgan fingerprint density at radius 1 is 1.30 bits per heavy atom. The number of rotatable bonds is 5. The summed E-state index contributed by atoms with van der Waals surface area (Å²) in [7, 11) is 1.71. The van der Waals surface area contributed by atoms with Crippen molar-refractivity contribution in [3.63, 3.8) is 0 Å². The van der Waals surface area contributed by atoms with Crippen LogP contribution < -0.4 is 0 Å². The molecule has 9 heteroatoms. The number of hydrogen-bond donors (Lipinski definition) is 0. The van der Waals surface area contributed by atoms with Gasteiger partial charge >= 0.3 is 0 Å². The second-order valence-corrected chi connectivity index (χ2v) is 7.03. The van der Waals surface area contributed by atoms with E-state index in [-0.39, 0.29) is 23.8 Å². The number of aromatic nitrogens is 4. The Labute approximate surface area is 173 Å². The van der Waals surface area contributed by atoms with Crippen molar-refractivity contribution in [2.75, 3.05) is 33.4 Å². The maximum Gasteiger partial charge on any atom is 0.257 e. The largest absolute Gasteiger partial charge is 0.376 e. The first-order chi connectivity index (χ1) is 14.5. The molecular formula is C21H22FN5O3. The Bertz CT molecular complexity index is 1050. The van der Waals surface area contributed by atoms with Gasteiger partial charge in [-0.15, -0.1) is 0 Å². The molecule has 1 aromatic carbocycles. The van der Waals surface area contributed by atoms with E-state index in [1.165, 1.54) is 16.9 Å². The molecular weight excluding hydrogens is 389 g/mol. The van der Waals surface area contributed by atoms with Gasteiger partial charge in [-0.05, 0) is 25.1 Å². The number of ether oxygens (including phenoxy) is 2. The van der Waals surface area contributed by atoms with Crippen LogP contribution in [0.2, 0.25) is 0 Å². The number of hydrogen-bond acceptors (Lipinski definition) is 6. The van der Waals surface area contributed by atoms with Gasteiger partial charge in [-0.3, -0.25) is 4.79 Å². The van der Waals surface area contributed by atoms with Crippen molar-refractivity contribution in [2.45, 2.75) is 13.0 Å². The van der Waals surface area contributed by atoms with E-state index in [1.807, 2.05) is 0 Å². The Hall–Kier alpha value is -3.17. The summed E-state index contributed by atoms with van der Waals surface area (Å²) in [5, 5.41) is 4.29. The van der Waals surface area contributed by atoms with Gasteiger partial charge in [-0.1, -0.05) is 12.1 Å². The third-order valence-corrected chi connectivity index (χ3v) is 4.93. The zero-order valence-corrected chi connectivity index (χ0v) is 16.8. The zero-order valence-electron chi connectivity index (χ0n) is 16.8. The topological polar surface area (TPSA) is 82.4 Å². The fourth-order valence-corrected chi connectivity index (χ4v) is 3.33. The minimum absolute atomic E-state index is 0.149. The molecule has 156 valence electrons. The monoisotopic (exact) mass is 411 g/mol. The third kappa shape index (κ3) is 4.07. The van der Waals surface area contributed by atoms with E-state index in [1.54, 1.807) is 49.3 Å². The Morgan fingerprint density at radius 2 is 2.13 bits per heavy atom. The van der Waals surface area contributed by atoms with Gasteiger partial charge in [0.25, 0.3) is 11.9 Å². The van der Waals surface area contributed by atoms with Gasteiger partial charge in [0.15, 0.2) is 0 Å². The van der Waals surface area contributed by atoms with Crippen LogP contribution in [0.4, 0.5) is 4.39 Å². The third-order valence-electron chi connectivity index (χ3n) is 4.93. The van der Waals surface area contributed by atoms with E-state index in [2.05, 4.69) is 15.1 Å². The van der Waals surface area contributed by atoms with E-state index in [4.69, 9.17) is 9.47 Å². The van der Waals surface area contributed by atoms with E-state index < -0.39 is 0 Å². The lowest BCUT2D eigenvalue weighted by Gasteiger charge is -2.27. The summed E-state index contributed by atoms with van der Waals surface area (Å²) in [6.45, 7) is 3.76. The quantitative estimate of drug-likeness (QED) is 0.641. The molecule has 1 aliphatic heterocycles. The molecule has 0 radical (unpaired) electrons. The smallest absolute Gasteiger partial charge is 0.257 e. The Balaban J connectivity index is 1.56. The van der Waals surface area contributed by atoms with Gasteiger partial charge in [-0.25, -0.2) is 19.0 Å². The summed E-state index contributed by atoms with van der Waals surface area (Å²) >= 11 is 0. The SMILES string of the molecule is Cc1c(C(=O)N(C)CC2COCCO2)cnn1-c1nccc(-c2ccccc2F)n1. The standard InChI is InChI=1S/C21H22FN5O3/c1-14-17(20(28)26(2)12-15-13-29-9-10-30-15)11-24-27(14)21-23-8-7-19(25-21)16-5-3-4-6-18(16)22/h3-8,11,15H,9-10,12-13H2,1-2H3. The summed E-state index contributed by atoms with van der Waals surface area (Å²) in [5.74, 6) is -0.289. The fourth-order valence-electron chi connectivity index (χ4n) is 3.33. The summed E-state index contributed by atoms with van der Waals surface area (Å²) in [5.41, 5.74) is 1.84. The molecule has 1 aliphatic rings. The number of carbonyl (C=O) groups is 1. The molecule has 0 aliphatic carbocycles. The van der Waals surface area contributed by atoms with Crippen molar-refractivity contribution in [1.82, 2.24) is 24.6 Å². The molecule has 3 heterocycles. The normalized spacial score (nSPS) is 16.4. The van der Waals surface area contributed by atoms with Crippen LogP contribution in [0.3, 0.4) is 0 Å². The number of halogens is 1. The van der Waals surface area contributed by atoms with Crippen molar-refractivity contribution in [2.24, 2.45) is 0 Å². The number of carbonyl (C=O) groups excluding carboxylic acids is 1. The predicted octanol–water partition coefficient (Wildman–Crippen LogP) is 2.26. The van der Waals surface area contributed by atoms with Crippen LogP contribution in [0, 0.1) is 12.7 Å². The second-order valence-electron chi connectivity index (χ2n) is 7.03. The van der Waals surface area contributed by atoms with E-state index in [0.29, 0.717) is 48.9 Å². The van der Waals surface area contributed by atoms with E-state index >= 15 is 0 Å². The minimum atomic E-state index is -0.370. The highest BCUT2D eigenvalue weighted by molar-refractivity contribution is 5.95. The lowest BCUT2D eigenvalue weighted by molar-refractivity contribution is -0.0933. The maximum absolute atomic E-state index is 14.1. The molecule has 2 aromatic heterocycles. The van der Waals surface area contributed by atoms with Crippen molar-refractivity contribution >= 4 is 5.91 Å². The molecule has 0 saturated carbocycles. The van der Waals surface area contributed by atoms with Crippen LogP contribution in [0.15, 0.2) is 42.7 Å². The maximum atomic E-state index is 14.1. The predicted molar refractivity (Wildman–Crippen MR) is 107 cm³/mol. The van der Waals surface area contributed by atoms with Gasteiger partial charge in [-0.2, -0.15) is 5.10 Å². The first-order valence-corrected chi connectivity index (χ1v) is 9.62. The minimum Gasteiger partial charge on any atom is -0.376 e. The van der Waals surface area contributed by atoms with Gasteiger partial charge in [0.2, 0.25) is 0 Å². The highest BCUT2D eigenvalue weighted by atomic mass is 19.1. The van der Waals surface area contributed by atoms with Crippen molar-refractivity contribution in [3.05, 3.63) is 59.8 Å². The van der Waals surface area contributed by atoms with Crippen LogP contribution in [-0.4, -0.2) is 70.1 Å². The number of nitrogens with zero attached hydrogens (tertiary/aromatic N) is 5. The average Bonchev–Trinajstić information content (AvgIpc) is 3.15. The molecule has 30 heavy (non-hydrogen) atoms. The Morgan fingerprint density at radius 3 is 2.90 bits per heavy atom. The lowest BCUT2D eigenvalue weighted by Crippen LogP contribution is -2.40. The fraction of sp³-hybridized carbons (Fsp3) is 0.333. The molecule has 1 saturated heterocycles. The van der Waals surface area contributed by atoms with Crippen molar-refractivity contribution in [1.29, 1.82) is 0 Å². The second kappa shape index (κ2) is 8.68. The summed E-state index contributed by atoms with van der Waals surface area (Å²) in [6, 6.07) is 8.03. The average molecular weight is 411 g/mol. The molecule has 0 spiro atoms. The van der Waals surface area contributed by atoms with Gasteiger partial charge in [0.1, 0.15) is 5.82 Å². The van der Waals surface area contributed by atoms with E-state index in [9.17, 15) is 9.18 Å². The van der Waals surface area contributed by atoms with Crippen LogP contribution in [0.25, 0.3) is 17.2 Å². The van der Waals surface area contributed by atoms with Crippen LogP contribution >= 0.6 is 0 Å². The molecule has 1 atom stereocenters. The molecule has 1 amide bonds. The van der Waals surface area contributed by atoms with Gasteiger partial charge in [0, 0.05) is 25.4 Å². The van der Waals surface area contributed by atoms with Crippen LogP contribution in [0.1, 0.15) is 16.1 Å². The van der Waals surface area contributed by atoms with Crippen LogP contribution in [-0.2, 0) is 9.47 Å². The molecule has 4 rings (SSSR count). The summed E-state index contributed by atoms with van der Waals surface area (Å²) in [6.07, 6.45) is 2.88. The number of amides is 1. The van der Waals surface area contributed by atoms with E-state index in [0.717, 1.165) is 0 Å². The lowest BCUT2D eigenvalue weighted by atomic mass is 10.1. The molecule has 1 fully saturated rings. The highest BCUT2D eigenvalue weighted by Gasteiger charge is 2.23. The molecule has 0 N–H and O–H groups in total. The molecule has 1 unspecified atom stereocenters. The number of likely N-dealkylation sites (N-methyl/N-ethyl adjacent to an activating group) is 1. The first kappa shape index (κ1) is 20.1. The molecule has 0 bridgehead atoms. The van der Waals surface area contributed by atoms with Crippen LogP contribution in [0.5, 0.6) is 0 Å². The zero-order chi connectivity index (χ0) is 21.1. The number of benzene rings is 1. The van der Waals surface area contributed by atoms with Gasteiger partial charge < -0.3 is 14.4 Å². The summed E-state index contributed by atoms with van der Waals surface area (Å²) < 4.78 is 26.6. The summed E-state index contributed by atoms with van der Waals surface area (Å²) in [4.78, 5) is 23.2. The van der Waals surface area contributed by atoms with Gasteiger partial charge in [0.05, 0.1) is 49.1 Å². The molecule has 8 nitrogen and oxygen atoms in total. The first-order valence-electron chi connectivity index (χ1n) is 9.62.